The van der Waals surface area contributed by atoms with Crippen LogP contribution in [0.25, 0.3) is 0 Å². The Morgan fingerprint density at radius 3 is 2.28 bits per heavy atom. The van der Waals surface area contributed by atoms with E-state index in [4.69, 9.17) is 11.6 Å². The lowest BCUT2D eigenvalue weighted by Gasteiger charge is -2.38. The highest BCUT2D eigenvalue weighted by Gasteiger charge is 2.27. The van der Waals surface area contributed by atoms with E-state index in [-0.39, 0.29) is 17.5 Å². The highest BCUT2D eigenvalue weighted by atomic mass is 35.5. The van der Waals surface area contributed by atoms with E-state index < -0.39 is 6.03 Å². The summed E-state index contributed by atoms with van der Waals surface area (Å²) in [5, 5.41) is 5.89. The van der Waals surface area contributed by atoms with Crippen molar-refractivity contribution >= 4 is 29.2 Å². The Bertz CT molecular complexity index is 622. The molecule has 1 aliphatic heterocycles. The molecule has 1 aromatic rings. The molecule has 1 aliphatic rings. The van der Waals surface area contributed by atoms with Gasteiger partial charge in [-0.2, -0.15) is 0 Å². The molecule has 0 radical (unpaired) electrons. The molecule has 7 heteroatoms. The number of para-hydroxylation sites is 1. The molecule has 1 saturated heterocycles. The van der Waals surface area contributed by atoms with E-state index in [1.165, 1.54) is 0 Å². The van der Waals surface area contributed by atoms with Crippen LogP contribution in [0.4, 0.5) is 10.5 Å². The largest absolute Gasteiger partial charge is 0.368 e. The van der Waals surface area contributed by atoms with E-state index in [9.17, 15) is 9.59 Å². The molecule has 2 rings (SSSR count). The smallest absolute Gasteiger partial charge is 0.321 e. The quantitative estimate of drug-likeness (QED) is 0.862. The molecule has 1 fully saturated rings. The number of benzene rings is 1. The molecule has 1 aromatic carbocycles. The number of nitrogens with zero attached hydrogens (tertiary/aromatic N) is 2. The van der Waals surface area contributed by atoms with Gasteiger partial charge >= 0.3 is 6.03 Å². The van der Waals surface area contributed by atoms with Crippen LogP contribution in [-0.4, -0.2) is 54.6 Å². The molecule has 0 saturated carbocycles. The van der Waals surface area contributed by atoms with E-state index in [2.05, 4.69) is 20.4 Å². The van der Waals surface area contributed by atoms with Crippen molar-refractivity contribution < 1.29 is 9.59 Å². The van der Waals surface area contributed by atoms with Gasteiger partial charge < -0.3 is 10.2 Å². The van der Waals surface area contributed by atoms with E-state index in [0.29, 0.717) is 0 Å². The average molecular weight is 367 g/mol. The third-order valence-electron chi connectivity index (χ3n) is 4.16. The lowest BCUT2D eigenvalue weighted by atomic mass is 10.1. The number of piperazine rings is 1. The van der Waals surface area contributed by atoms with Crippen LogP contribution >= 0.6 is 11.6 Å². The van der Waals surface area contributed by atoms with Crippen LogP contribution in [0.1, 0.15) is 27.7 Å². The molecule has 6 nitrogen and oxygen atoms in total. The standard InChI is InChI=1S/C18H27ClN4O2/c1-13(16(24)20-17(25)21-18(2,3)4)22-9-11-23(12-10-22)15-8-6-5-7-14(15)19/h5-8,13H,9-12H2,1-4H3,(H2,20,21,24,25)/t13-/m1/s1. The highest BCUT2D eigenvalue weighted by molar-refractivity contribution is 6.33. The third kappa shape index (κ3) is 5.61. The molecule has 0 unspecified atom stereocenters. The van der Waals surface area contributed by atoms with Gasteiger partial charge in [-0.05, 0) is 39.8 Å². The monoisotopic (exact) mass is 366 g/mol. The first-order valence-corrected chi connectivity index (χ1v) is 8.92. The summed E-state index contributed by atoms with van der Waals surface area (Å²) >= 11 is 6.25. The van der Waals surface area contributed by atoms with Gasteiger partial charge in [-0.25, -0.2) is 4.79 Å². The number of carbonyl (C=O) groups excluding carboxylic acids is 2. The molecule has 138 valence electrons. The van der Waals surface area contributed by atoms with Gasteiger partial charge in [0.15, 0.2) is 0 Å². The van der Waals surface area contributed by atoms with Crippen LogP contribution < -0.4 is 15.5 Å². The summed E-state index contributed by atoms with van der Waals surface area (Å²) < 4.78 is 0. The number of amides is 3. The van der Waals surface area contributed by atoms with Crippen molar-refractivity contribution in [3.8, 4) is 0 Å². The predicted molar refractivity (Wildman–Crippen MR) is 101 cm³/mol. The molecule has 1 atom stereocenters. The Morgan fingerprint density at radius 2 is 1.72 bits per heavy atom. The SMILES string of the molecule is C[C@H](C(=O)NC(=O)NC(C)(C)C)N1CCN(c2ccccc2Cl)CC1. The molecule has 1 heterocycles. The van der Waals surface area contributed by atoms with Gasteiger partial charge in [0, 0.05) is 31.7 Å². The summed E-state index contributed by atoms with van der Waals surface area (Å²) in [5.41, 5.74) is 0.638. The molecule has 0 spiro atoms. The van der Waals surface area contributed by atoms with Gasteiger partial charge in [-0.1, -0.05) is 23.7 Å². The minimum absolute atomic E-state index is 0.284. The van der Waals surface area contributed by atoms with Crippen molar-refractivity contribution in [2.45, 2.75) is 39.3 Å². The summed E-state index contributed by atoms with van der Waals surface area (Å²) in [6.45, 7) is 10.5. The maximum Gasteiger partial charge on any atom is 0.321 e. The first-order valence-electron chi connectivity index (χ1n) is 8.54. The van der Waals surface area contributed by atoms with Crippen LogP contribution in [0.15, 0.2) is 24.3 Å². The fraction of sp³-hybridized carbons (Fsp3) is 0.556. The Kier molecular flexibility index (Phi) is 6.30. The molecule has 0 aromatic heterocycles. The fourth-order valence-corrected chi connectivity index (χ4v) is 3.07. The minimum Gasteiger partial charge on any atom is -0.368 e. The first-order chi connectivity index (χ1) is 11.7. The summed E-state index contributed by atoms with van der Waals surface area (Å²) in [5.74, 6) is -0.284. The number of halogens is 1. The normalized spacial score (nSPS) is 17.1. The van der Waals surface area contributed by atoms with Crippen LogP contribution in [0.5, 0.6) is 0 Å². The first kappa shape index (κ1) is 19.5. The Morgan fingerprint density at radius 1 is 1.12 bits per heavy atom. The number of anilines is 1. The van der Waals surface area contributed by atoms with E-state index in [0.717, 1.165) is 36.9 Å². The molecule has 0 bridgehead atoms. The lowest BCUT2D eigenvalue weighted by Crippen LogP contribution is -2.56. The predicted octanol–water partition coefficient (Wildman–Crippen LogP) is 2.47. The topological polar surface area (TPSA) is 64.7 Å². The lowest BCUT2D eigenvalue weighted by molar-refractivity contribution is -0.124. The number of carbonyl (C=O) groups is 2. The van der Waals surface area contributed by atoms with Gasteiger partial charge in [0.1, 0.15) is 0 Å². The van der Waals surface area contributed by atoms with Crippen molar-refractivity contribution in [1.29, 1.82) is 0 Å². The Hall–Kier alpha value is -1.79. The number of imide groups is 1. The molecular weight excluding hydrogens is 340 g/mol. The highest BCUT2D eigenvalue weighted by Crippen LogP contribution is 2.26. The molecule has 3 amide bonds. The third-order valence-corrected chi connectivity index (χ3v) is 4.48. The van der Waals surface area contributed by atoms with Gasteiger partial charge in [0.2, 0.25) is 5.91 Å². The average Bonchev–Trinajstić information content (AvgIpc) is 2.53. The fourth-order valence-electron chi connectivity index (χ4n) is 2.81. The van der Waals surface area contributed by atoms with E-state index >= 15 is 0 Å². The van der Waals surface area contributed by atoms with Crippen LogP contribution in [-0.2, 0) is 4.79 Å². The summed E-state index contributed by atoms with van der Waals surface area (Å²) in [6, 6.07) is 6.95. The Labute approximate surface area is 154 Å². The second-order valence-corrected chi connectivity index (χ2v) is 7.75. The van der Waals surface area contributed by atoms with Gasteiger partial charge in [-0.15, -0.1) is 0 Å². The number of rotatable bonds is 3. The van der Waals surface area contributed by atoms with Crippen molar-refractivity contribution in [3.05, 3.63) is 29.3 Å². The van der Waals surface area contributed by atoms with Gasteiger partial charge in [0.05, 0.1) is 16.8 Å². The number of urea groups is 1. The van der Waals surface area contributed by atoms with Gasteiger partial charge in [-0.3, -0.25) is 15.0 Å². The second kappa shape index (κ2) is 8.06. The minimum atomic E-state index is -0.459. The van der Waals surface area contributed by atoms with Crippen molar-refractivity contribution in [1.82, 2.24) is 15.5 Å². The number of hydrogen-bond acceptors (Lipinski definition) is 4. The van der Waals surface area contributed by atoms with Crippen molar-refractivity contribution in [2.24, 2.45) is 0 Å². The summed E-state index contributed by atoms with van der Waals surface area (Å²) in [7, 11) is 0. The summed E-state index contributed by atoms with van der Waals surface area (Å²) in [4.78, 5) is 28.4. The molecule has 2 N–H and O–H groups in total. The zero-order valence-electron chi connectivity index (χ0n) is 15.3. The molecule has 0 aliphatic carbocycles. The van der Waals surface area contributed by atoms with Gasteiger partial charge in [0.25, 0.3) is 0 Å². The number of nitrogens with one attached hydrogen (secondary N) is 2. The second-order valence-electron chi connectivity index (χ2n) is 7.34. The molecule has 25 heavy (non-hydrogen) atoms. The van der Waals surface area contributed by atoms with E-state index in [1.807, 2.05) is 52.0 Å². The van der Waals surface area contributed by atoms with Crippen LogP contribution in [0.2, 0.25) is 5.02 Å². The summed E-state index contributed by atoms with van der Waals surface area (Å²) in [6.07, 6.45) is 0. The zero-order chi connectivity index (χ0) is 18.6. The maximum absolute atomic E-state index is 12.3. The van der Waals surface area contributed by atoms with Crippen molar-refractivity contribution in [3.63, 3.8) is 0 Å². The van der Waals surface area contributed by atoms with Crippen molar-refractivity contribution in [2.75, 3.05) is 31.1 Å². The van der Waals surface area contributed by atoms with Crippen LogP contribution in [0, 0.1) is 0 Å². The maximum atomic E-state index is 12.3. The van der Waals surface area contributed by atoms with Crippen LogP contribution in [0.3, 0.4) is 0 Å². The zero-order valence-corrected chi connectivity index (χ0v) is 16.1. The molecular formula is C18H27ClN4O2. The number of hydrogen-bond donors (Lipinski definition) is 2. The van der Waals surface area contributed by atoms with E-state index in [1.54, 1.807) is 0 Å². The Balaban J connectivity index is 1.86.